The normalized spacial score (nSPS) is 22.3. The van der Waals surface area contributed by atoms with Gasteiger partial charge < -0.3 is 0 Å². The molecule has 1 heteroatoms. The molecule has 0 nitrogen and oxygen atoms in total. The van der Waals surface area contributed by atoms with Crippen LogP contribution in [-0.4, -0.2) is 21.2 Å². The average Bonchev–Trinajstić information content (AvgIpc) is 2.78. The van der Waals surface area contributed by atoms with Gasteiger partial charge in [-0.05, 0) is 0 Å². The molecule has 0 atom stereocenters. The Labute approximate surface area is 85.4 Å². The fourth-order valence-corrected chi connectivity index (χ4v) is 13.2. The third-order valence-electron chi connectivity index (χ3n) is 3.21. The summed E-state index contributed by atoms with van der Waals surface area (Å²) in [4.78, 5) is 0. The first-order valence-electron chi connectivity index (χ1n) is 4.91. The summed E-state index contributed by atoms with van der Waals surface area (Å²) in [6, 6.07) is 0. The van der Waals surface area contributed by atoms with Crippen molar-refractivity contribution in [2.45, 2.75) is 15.9 Å². The van der Waals surface area contributed by atoms with Gasteiger partial charge in [-0.25, -0.2) is 0 Å². The Morgan fingerprint density at radius 1 is 0.692 bits per heavy atom. The zero-order valence-electron chi connectivity index (χ0n) is 8.27. The van der Waals surface area contributed by atoms with Crippen molar-refractivity contribution in [1.29, 1.82) is 0 Å². The molecule has 0 aromatic rings. The SMILES string of the molecule is [CH3][Pb]([CH3])([CH]1C=CC=C1)[CH]1C=CC=C1. The second kappa shape index (κ2) is 3.56. The van der Waals surface area contributed by atoms with Gasteiger partial charge in [0.25, 0.3) is 0 Å². The molecule has 0 spiro atoms. The molecule has 0 amide bonds. The molecule has 0 aromatic carbocycles. The second-order valence-corrected chi connectivity index (χ2v) is 23.8. The van der Waals surface area contributed by atoms with Crippen LogP contribution in [0.15, 0.2) is 48.6 Å². The second-order valence-electron chi connectivity index (χ2n) is 4.41. The quantitative estimate of drug-likeness (QED) is 0.653. The van der Waals surface area contributed by atoms with Gasteiger partial charge in [0, 0.05) is 0 Å². The summed E-state index contributed by atoms with van der Waals surface area (Å²) in [5.74, 6) is 0. The van der Waals surface area contributed by atoms with Gasteiger partial charge in [0.2, 0.25) is 0 Å². The Morgan fingerprint density at radius 3 is 1.31 bits per heavy atom. The van der Waals surface area contributed by atoms with Gasteiger partial charge in [-0.15, -0.1) is 0 Å². The predicted molar refractivity (Wildman–Crippen MR) is 61.5 cm³/mol. The van der Waals surface area contributed by atoms with Crippen molar-refractivity contribution in [3.8, 4) is 0 Å². The number of rotatable bonds is 2. The maximum absolute atomic E-state index is 2.56. The van der Waals surface area contributed by atoms with Crippen LogP contribution in [-0.2, 0) is 0 Å². The molecular formula is C12H16Pb. The molecule has 0 fully saturated rings. The molecule has 2 rings (SSSR count). The van der Waals surface area contributed by atoms with Crippen molar-refractivity contribution in [3.63, 3.8) is 0 Å². The van der Waals surface area contributed by atoms with Gasteiger partial charge in [-0.2, -0.15) is 0 Å². The third kappa shape index (κ3) is 1.73. The fourth-order valence-electron chi connectivity index (χ4n) is 2.08. The molecule has 0 radical (unpaired) electrons. The molecule has 68 valence electrons. The monoisotopic (exact) mass is 368 g/mol. The van der Waals surface area contributed by atoms with Crippen LogP contribution in [0.3, 0.4) is 0 Å². The van der Waals surface area contributed by atoms with E-state index < -0.39 is 21.2 Å². The van der Waals surface area contributed by atoms with E-state index in [1.165, 1.54) is 0 Å². The van der Waals surface area contributed by atoms with E-state index in [9.17, 15) is 0 Å². The van der Waals surface area contributed by atoms with Gasteiger partial charge in [0.15, 0.2) is 0 Å². The summed E-state index contributed by atoms with van der Waals surface area (Å²) < 4.78 is 6.74. The first-order valence-corrected chi connectivity index (χ1v) is 17.2. The Morgan fingerprint density at radius 2 is 1.00 bits per heavy atom. The van der Waals surface area contributed by atoms with Crippen molar-refractivity contribution in [3.05, 3.63) is 48.6 Å². The van der Waals surface area contributed by atoms with E-state index in [2.05, 4.69) is 57.6 Å². The number of allylic oxidation sites excluding steroid dienone is 8. The van der Waals surface area contributed by atoms with E-state index in [4.69, 9.17) is 0 Å². The minimum absolute atomic E-state index is 0.810. The van der Waals surface area contributed by atoms with Crippen molar-refractivity contribution in [2.24, 2.45) is 0 Å². The van der Waals surface area contributed by atoms with E-state index in [0.717, 1.165) is 6.95 Å². The van der Waals surface area contributed by atoms with Crippen LogP contribution >= 0.6 is 0 Å². The fraction of sp³-hybridized carbons (Fsp3) is 0.333. The molecular weight excluding hydrogens is 351 g/mol. The van der Waals surface area contributed by atoms with Crippen molar-refractivity contribution < 1.29 is 0 Å². The summed E-state index contributed by atoms with van der Waals surface area (Å²) >= 11 is -2.08. The summed E-state index contributed by atoms with van der Waals surface area (Å²) in [5.41, 5.74) is 0. The molecule has 0 aliphatic heterocycles. The zero-order valence-corrected chi connectivity index (χ0v) is 12.2. The molecule has 0 unspecified atom stereocenters. The molecule has 2 aliphatic carbocycles. The van der Waals surface area contributed by atoms with E-state index in [1.807, 2.05) is 0 Å². The predicted octanol–water partition coefficient (Wildman–Crippen LogP) is 3.69. The first kappa shape index (κ1) is 9.44. The van der Waals surface area contributed by atoms with Crippen molar-refractivity contribution >= 4 is 21.2 Å². The maximum atomic E-state index is 2.56. The number of hydrogen-bond donors (Lipinski definition) is 0. The van der Waals surface area contributed by atoms with Gasteiger partial charge >= 0.3 is 85.7 Å². The minimum atomic E-state index is -2.08. The molecule has 2 aliphatic rings. The van der Waals surface area contributed by atoms with Gasteiger partial charge in [-0.3, -0.25) is 0 Å². The average molecular weight is 367 g/mol. The van der Waals surface area contributed by atoms with Crippen LogP contribution in [0.2, 0.25) is 15.9 Å². The van der Waals surface area contributed by atoms with Gasteiger partial charge in [0.05, 0.1) is 0 Å². The summed E-state index contributed by atoms with van der Waals surface area (Å²) in [5, 5.41) is 0. The van der Waals surface area contributed by atoms with Crippen LogP contribution in [0.1, 0.15) is 0 Å². The molecule has 0 bridgehead atoms. The summed E-state index contributed by atoms with van der Waals surface area (Å²) in [6.07, 6.45) is 18.4. The standard InChI is InChI=1S/2C5H5.2CH3.Pb/c2*1-2-4-5-3-1;;;/h2*1-5H;2*1H3;. The summed E-state index contributed by atoms with van der Waals surface area (Å²) in [7, 11) is 0. The van der Waals surface area contributed by atoms with Gasteiger partial charge in [0.1, 0.15) is 0 Å². The van der Waals surface area contributed by atoms with Crippen molar-refractivity contribution in [1.82, 2.24) is 0 Å². The molecule has 0 N–H and O–H groups in total. The molecule has 0 saturated carbocycles. The molecule has 0 heterocycles. The Balaban J connectivity index is 2.19. The third-order valence-corrected chi connectivity index (χ3v) is 19.6. The molecule has 13 heavy (non-hydrogen) atoms. The van der Waals surface area contributed by atoms with Gasteiger partial charge in [-0.1, -0.05) is 0 Å². The Hall–Kier alpha value is -0.118. The van der Waals surface area contributed by atoms with Crippen LogP contribution in [0.5, 0.6) is 0 Å². The Kier molecular flexibility index (Phi) is 2.58. The topological polar surface area (TPSA) is 0 Å². The van der Waals surface area contributed by atoms with Crippen LogP contribution in [0.4, 0.5) is 0 Å². The zero-order chi connectivity index (χ0) is 9.31. The van der Waals surface area contributed by atoms with E-state index >= 15 is 0 Å². The van der Waals surface area contributed by atoms with Crippen molar-refractivity contribution in [2.75, 3.05) is 0 Å². The number of hydrogen-bond acceptors (Lipinski definition) is 0. The van der Waals surface area contributed by atoms with Crippen LogP contribution < -0.4 is 0 Å². The van der Waals surface area contributed by atoms with Crippen LogP contribution in [0.25, 0.3) is 0 Å². The van der Waals surface area contributed by atoms with E-state index in [0.29, 0.717) is 0 Å². The van der Waals surface area contributed by atoms with E-state index in [1.54, 1.807) is 0 Å². The van der Waals surface area contributed by atoms with E-state index in [-0.39, 0.29) is 0 Å². The molecule has 0 aromatic heterocycles. The first-order chi connectivity index (χ1) is 6.21. The van der Waals surface area contributed by atoms with Crippen LogP contribution in [0, 0.1) is 0 Å². The molecule has 0 saturated heterocycles. The summed E-state index contributed by atoms with van der Waals surface area (Å²) in [6.45, 7) is 0. The Bertz CT molecular complexity index is 251.